The smallest absolute Gasteiger partial charge is 0.00504 e. The van der Waals surface area contributed by atoms with Crippen LogP contribution in [0.25, 0.3) is 0 Å². The lowest BCUT2D eigenvalue weighted by Crippen LogP contribution is -2.19. The number of hydrogen-bond donors (Lipinski definition) is 0. The van der Waals surface area contributed by atoms with Gasteiger partial charge in [0.1, 0.15) is 0 Å². The van der Waals surface area contributed by atoms with Gasteiger partial charge in [0.25, 0.3) is 0 Å². The molecular formula is C17H33N. The highest BCUT2D eigenvalue weighted by molar-refractivity contribution is 5.22. The zero-order chi connectivity index (χ0) is 14.4. The molecule has 106 valence electrons. The van der Waals surface area contributed by atoms with Crippen LogP contribution >= 0.6 is 0 Å². The summed E-state index contributed by atoms with van der Waals surface area (Å²) in [5, 5.41) is 0. The molecule has 1 aliphatic rings. The van der Waals surface area contributed by atoms with E-state index in [4.69, 9.17) is 0 Å². The zero-order valence-corrected chi connectivity index (χ0v) is 13.4. The fourth-order valence-corrected chi connectivity index (χ4v) is 1.85. The Morgan fingerprint density at radius 2 is 1.83 bits per heavy atom. The number of likely N-dealkylation sites (tertiary alicyclic amines) is 1. The summed E-state index contributed by atoms with van der Waals surface area (Å²) in [5.41, 5.74) is 1.28. The van der Waals surface area contributed by atoms with Gasteiger partial charge in [0.05, 0.1) is 0 Å². The Kier molecular flexibility index (Phi) is 15.4. The molecule has 1 heterocycles. The summed E-state index contributed by atoms with van der Waals surface area (Å²) in [7, 11) is 0. The van der Waals surface area contributed by atoms with Crippen molar-refractivity contribution in [1.29, 1.82) is 0 Å². The Labute approximate surface area is 115 Å². The van der Waals surface area contributed by atoms with Crippen molar-refractivity contribution in [3.63, 3.8) is 0 Å². The Morgan fingerprint density at radius 3 is 2.28 bits per heavy atom. The average molecular weight is 251 g/mol. The molecule has 0 aromatic heterocycles. The number of nitrogens with zero attached hydrogens (tertiary/aromatic N) is 1. The van der Waals surface area contributed by atoms with E-state index in [9.17, 15) is 0 Å². The summed E-state index contributed by atoms with van der Waals surface area (Å²) in [5.74, 6) is 0.677. The average Bonchev–Trinajstić information content (AvgIpc) is 2.92. The summed E-state index contributed by atoms with van der Waals surface area (Å²) < 4.78 is 0. The van der Waals surface area contributed by atoms with Gasteiger partial charge in [0, 0.05) is 6.54 Å². The number of allylic oxidation sites excluding steroid dienone is 4. The third-order valence-corrected chi connectivity index (χ3v) is 2.86. The molecule has 1 atom stereocenters. The minimum absolute atomic E-state index is 0.677. The molecule has 0 N–H and O–H groups in total. The topological polar surface area (TPSA) is 3.24 Å². The second-order valence-corrected chi connectivity index (χ2v) is 3.84. The quantitative estimate of drug-likeness (QED) is 0.631. The van der Waals surface area contributed by atoms with Gasteiger partial charge in [-0.15, -0.1) is 0 Å². The van der Waals surface area contributed by atoms with Crippen LogP contribution in [0.1, 0.15) is 48.0 Å². The second kappa shape index (κ2) is 14.2. The van der Waals surface area contributed by atoms with Crippen LogP contribution in [0.15, 0.2) is 36.5 Å². The molecule has 1 saturated heterocycles. The molecule has 0 aromatic carbocycles. The third-order valence-electron chi connectivity index (χ3n) is 2.86. The molecule has 18 heavy (non-hydrogen) atoms. The molecule has 1 aliphatic heterocycles. The van der Waals surface area contributed by atoms with Crippen molar-refractivity contribution in [1.82, 2.24) is 4.90 Å². The minimum Gasteiger partial charge on any atom is -0.303 e. The fraction of sp³-hybridized carbons (Fsp3) is 0.647. The molecular weight excluding hydrogens is 218 g/mol. The highest BCUT2D eigenvalue weighted by atomic mass is 15.1. The van der Waals surface area contributed by atoms with Crippen molar-refractivity contribution in [3.05, 3.63) is 36.5 Å². The van der Waals surface area contributed by atoms with Gasteiger partial charge >= 0.3 is 0 Å². The first-order valence-electron chi connectivity index (χ1n) is 7.48. The maximum atomic E-state index is 4.13. The van der Waals surface area contributed by atoms with Crippen LogP contribution in [0, 0.1) is 5.92 Å². The molecule has 1 heteroatoms. The first-order chi connectivity index (χ1) is 8.77. The van der Waals surface area contributed by atoms with E-state index in [1.807, 2.05) is 40.7 Å². The molecule has 0 aromatic rings. The Balaban J connectivity index is 0. The summed E-state index contributed by atoms with van der Waals surface area (Å²) in [6.07, 6.45) is 9.59. The van der Waals surface area contributed by atoms with Crippen molar-refractivity contribution in [2.75, 3.05) is 19.6 Å². The van der Waals surface area contributed by atoms with E-state index in [2.05, 4.69) is 36.6 Å². The summed E-state index contributed by atoms with van der Waals surface area (Å²) in [6, 6.07) is 0. The highest BCUT2D eigenvalue weighted by Gasteiger charge is 2.21. The lowest BCUT2D eigenvalue weighted by atomic mass is 9.99. The summed E-state index contributed by atoms with van der Waals surface area (Å²) in [4.78, 5) is 2.49. The maximum Gasteiger partial charge on any atom is 0.00504 e. The molecule has 1 fully saturated rings. The standard InChI is InChI=1S/C13H21N.2C2H6/c1-4-6-7-8-12(3)13-9-10-14(5-2)11-13;2*1-2/h4,6-8,13H,3,5,9-11H2,1-2H3;2*1-2H3/b6-4-,8-7-;;. The molecule has 0 aliphatic carbocycles. The van der Waals surface area contributed by atoms with E-state index in [-0.39, 0.29) is 0 Å². The monoisotopic (exact) mass is 251 g/mol. The van der Waals surface area contributed by atoms with Crippen molar-refractivity contribution < 1.29 is 0 Å². The Bertz CT molecular complexity index is 238. The normalized spacial score (nSPS) is 19.3. The molecule has 1 unspecified atom stereocenters. The van der Waals surface area contributed by atoms with Gasteiger partial charge in [-0.05, 0) is 32.4 Å². The van der Waals surface area contributed by atoms with Gasteiger partial charge in [-0.25, -0.2) is 0 Å². The molecule has 1 nitrogen and oxygen atoms in total. The molecule has 0 bridgehead atoms. The maximum absolute atomic E-state index is 4.13. The first-order valence-corrected chi connectivity index (χ1v) is 7.48. The Hall–Kier alpha value is -0.820. The molecule has 1 rings (SSSR count). The van der Waals surface area contributed by atoms with Crippen LogP contribution in [0.2, 0.25) is 0 Å². The van der Waals surface area contributed by atoms with Crippen molar-refractivity contribution in [2.24, 2.45) is 5.92 Å². The lowest BCUT2D eigenvalue weighted by molar-refractivity contribution is 0.350. The van der Waals surface area contributed by atoms with Crippen LogP contribution in [-0.2, 0) is 0 Å². The van der Waals surface area contributed by atoms with Crippen LogP contribution in [0.4, 0.5) is 0 Å². The minimum atomic E-state index is 0.677. The van der Waals surface area contributed by atoms with Crippen LogP contribution < -0.4 is 0 Å². The van der Waals surface area contributed by atoms with Crippen LogP contribution in [-0.4, -0.2) is 24.5 Å². The predicted molar refractivity (Wildman–Crippen MR) is 86.0 cm³/mol. The highest BCUT2D eigenvalue weighted by Crippen LogP contribution is 2.23. The number of rotatable bonds is 4. The van der Waals surface area contributed by atoms with E-state index >= 15 is 0 Å². The van der Waals surface area contributed by atoms with E-state index < -0.39 is 0 Å². The van der Waals surface area contributed by atoms with Crippen LogP contribution in [0.5, 0.6) is 0 Å². The fourth-order valence-electron chi connectivity index (χ4n) is 1.85. The van der Waals surface area contributed by atoms with E-state index in [0.29, 0.717) is 5.92 Å². The molecule has 0 spiro atoms. The second-order valence-electron chi connectivity index (χ2n) is 3.84. The SMILES string of the molecule is C=C(/C=C\C=C/C)C1CCN(CC)C1.CC.CC. The van der Waals surface area contributed by atoms with Crippen molar-refractivity contribution >= 4 is 0 Å². The lowest BCUT2D eigenvalue weighted by Gasteiger charge is -2.12. The first kappa shape index (κ1) is 19.5. The van der Waals surface area contributed by atoms with E-state index in [0.717, 1.165) is 0 Å². The van der Waals surface area contributed by atoms with Gasteiger partial charge in [0.2, 0.25) is 0 Å². The summed E-state index contributed by atoms with van der Waals surface area (Å²) >= 11 is 0. The summed E-state index contributed by atoms with van der Waals surface area (Å²) in [6.45, 7) is 20.0. The number of hydrogen-bond acceptors (Lipinski definition) is 1. The predicted octanol–water partition coefficient (Wildman–Crippen LogP) is 5.07. The van der Waals surface area contributed by atoms with E-state index in [1.54, 1.807) is 0 Å². The van der Waals surface area contributed by atoms with Gasteiger partial charge in [-0.3, -0.25) is 0 Å². The van der Waals surface area contributed by atoms with Gasteiger partial charge < -0.3 is 4.90 Å². The van der Waals surface area contributed by atoms with Crippen LogP contribution in [0.3, 0.4) is 0 Å². The van der Waals surface area contributed by atoms with Crippen molar-refractivity contribution in [3.8, 4) is 0 Å². The largest absolute Gasteiger partial charge is 0.303 e. The van der Waals surface area contributed by atoms with Gasteiger partial charge in [0.15, 0.2) is 0 Å². The van der Waals surface area contributed by atoms with Gasteiger partial charge in [-0.1, -0.05) is 71.1 Å². The van der Waals surface area contributed by atoms with Gasteiger partial charge in [-0.2, -0.15) is 0 Å². The van der Waals surface area contributed by atoms with E-state index in [1.165, 1.54) is 31.6 Å². The molecule has 0 saturated carbocycles. The zero-order valence-electron chi connectivity index (χ0n) is 13.4. The third kappa shape index (κ3) is 8.30. The molecule has 0 radical (unpaired) electrons. The Morgan fingerprint density at radius 1 is 1.22 bits per heavy atom. The molecule has 0 amide bonds. The van der Waals surface area contributed by atoms with Crippen molar-refractivity contribution in [2.45, 2.75) is 48.0 Å².